The average molecular weight is 242 g/mol. The number of ether oxygens (including phenoxy) is 1. The van der Waals surface area contributed by atoms with Crippen molar-refractivity contribution in [1.82, 2.24) is 10.2 Å². The second kappa shape index (κ2) is 4.94. The van der Waals surface area contributed by atoms with Gasteiger partial charge in [-0.05, 0) is 47.7 Å². The van der Waals surface area contributed by atoms with Crippen LogP contribution in [0, 0.1) is 0 Å². The minimum atomic E-state index is -0.245. The van der Waals surface area contributed by atoms with E-state index in [1.807, 2.05) is 14.1 Å². The Hall–Kier alpha value is -0.610. The van der Waals surface area contributed by atoms with Crippen molar-refractivity contribution >= 4 is 5.91 Å². The Morgan fingerprint density at radius 1 is 1.41 bits per heavy atom. The lowest BCUT2D eigenvalue weighted by Gasteiger charge is -2.41. The molecule has 1 aliphatic carbocycles. The SMILES string of the molecule is CC(=O)NC1CCC(OC(C)(C)C)(N(C)C)C1. The van der Waals surface area contributed by atoms with E-state index in [1.54, 1.807) is 6.92 Å². The number of hydrogen-bond donors (Lipinski definition) is 1. The highest BCUT2D eigenvalue weighted by Crippen LogP contribution is 2.38. The van der Waals surface area contributed by atoms with Gasteiger partial charge in [0, 0.05) is 19.4 Å². The molecule has 0 aromatic carbocycles. The molecule has 0 aromatic rings. The van der Waals surface area contributed by atoms with Gasteiger partial charge in [0.05, 0.1) is 5.60 Å². The van der Waals surface area contributed by atoms with Crippen molar-refractivity contribution in [3.8, 4) is 0 Å². The highest BCUT2D eigenvalue weighted by molar-refractivity contribution is 5.73. The number of nitrogens with one attached hydrogen (secondary N) is 1. The van der Waals surface area contributed by atoms with Crippen LogP contribution in [0.2, 0.25) is 0 Å². The molecule has 0 aromatic heterocycles. The van der Waals surface area contributed by atoms with E-state index in [1.165, 1.54) is 0 Å². The van der Waals surface area contributed by atoms with Gasteiger partial charge in [-0.15, -0.1) is 0 Å². The summed E-state index contributed by atoms with van der Waals surface area (Å²) < 4.78 is 6.23. The molecule has 0 radical (unpaired) electrons. The summed E-state index contributed by atoms with van der Waals surface area (Å²) in [4.78, 5) is 13.2. The van der Waals surface area contributed by atoms with E-state index < -0.39 is 0 Å². The molecule has 0 saturated heterocycles. The molecule has 100 valence electrons. The predicted octanol–water partition coefficient (Wildman–Crippen LogP) is 1.75. The number of rotatable bonds is 3. The van der Waals surface area contributed by atoms with E-state index in [0.717, 1.165) is 19.3 Å². The Morgan fingerprint density at radius 3 is 2.41 bits per heavy atom. The largest absolute Gasteiger partial charge is 0.355 e. The average Bonchev–Trinajstić information content (AvgIpc) is 2.45. The van der Waals surface area contributed by atoms with Crippen molar-refractivity contribution in [2.24, 2.45) is 0 Å². The smallest absolute Gasteiger partial charge is 0.217 e. The zero-order valence-corrected chi connectivity index (χ0v) is 12.0. The van der Waals surface area contributed by atoms with Crippen LogP contribution < -0.4 is 5.32 Å². The molecule has 0 aliphatic heterocycles. The molecular formula is C13H26N2O2. The zero-order valence-electron chi connectivity index (χ0n) is 12.0. The van der Waals surface area contributed by atoms with Crippen LogP contribution in [0.5, 0.6) is 0 Å². The summed E-state index contributed by atoms with van der Waals surface area (Å²) in [5.74, 6) is 0.0420. The van der Waals surface area contributed by atoms with Gasteiger partial charge in [0.1, 0.15) is 5.72 Å². The topological polar surface area (TPSA) is 41.6 Å². The van der Waals surface area contributed by atoms with Crippen LogP contribution in [-0.4, -0.2) is 42.3 Å². The maximum absolute atomic E-state index is 11.1. The molecule has 1 N–H and O–H groups in total. The first-order valence-corrected chi connectivity index (χ1v) is 6.29. The molecule has 2 atom stereocenters. The minimum absolute atomic E-state index is 0.0420. The molecule has 1 fully saturated rings. The number of nitrogens with zero attached hydrogens (tertiary/aromatic N) is 1. The van der Waals surface area contributed by atoms with Crippen molar-refractivity contribution in [3.05, 3.63) is 0 Å². The summed E-state index contributed by atoms with van der Waals surface area (Å²) in [7, 11) is 4.09. The van der Waals surface area contributed by atoms with Gasteiger partial charge < -0.3 is 10.1 Å². The molecular weight excluding hydrogens is 216 g/mol. The van der Waals surface area contributed by atoms with Gasteiger partial charge in [-0.3, -0.25) is 9.69 Å². The fourth-order valence-electron chi connectivity index (χ4n) is 2.56. The van der Waals surface area contributed by atoms with Crippen LogP contribution in [0.4, 0.5) is 0 Å². The van der Waals surface area contributed by atoms with Crippen molar-refractivity contribution < 1.29 is 9.53 Å². The summed E-state index contributed by atoms with van der Waals surface area (Å²) >= 11 is 0. The molecule has 1 amide bonds. The van der Waals surface area contributed by atoms with Crippen LogP contribution in [0.1, 0.15) is 47.0 Å². The van der Waals surface area contributed by atoms with Crippen LogP contribution in [0.3, 0.4) is 0 Å². The van der Waals surface area contributed by atoms with E-state index in [2.05, 4.69) is 31.0 Å². The fraction of sp³-hybridized carbons (Fsp3) is 0.923. The molecule has 2 unspecified atom stereocenters. The van der Waals surface area contributed by atoms with Gasteiger partial charge in [0.2, 0.25) is 5.91 Å². The van der Waals surface area contributed by atoms with Crippen molar-refractivity contribution in [2.75, 3.05) is 14.1 Å². The first-order valence-electron chi connectivity index (χ1n) is 6.29. The molecule has 1 saturated carbocycles. The summed E-state index contributed by atoms with van der Waals surface area (Å²) in [6.07, 6.45) is 2.80. The van der Waals surface area contributed by atoms with Crippen LogP contribution in [-0.2, 0) is 9.53 Å². The Morgan fingerprint density at radius 2 is 2.00 bits per heavy atom. The second-order valence-electron chi connectivity index (χ2n) is 6.20. The van der Waals surface area contributed by atoms with Gasteiger partial charge in [-0.25, -0.2) is 0 Å². The lowest BCUT2D eigenvalue weighted by atomic mass is 10.1. The van der Waals surface area contributed by atoms with Crippen LogP contribution in [0.15, 0.2) is 0 Å². The number of amides is 1. The Bertz CT molecular complexity index is 284. The van der Waals surface area contributed by atoms with E-state index in [4.69, 9.17) is 4.74 Å². The summed E-state index contributed by atoms with van der Waals surface area (Å²) in [6.45, 7) is 7.79. The van der Waals surface area contributed by atoms with Gasteiger partial charge in [-0.2, -0.15) is 0 Å². The van der Waals surface area contributed by atoms with Crippen molar-refractivity contribution in [3.63, 3.8) is 0 Å². The van der Waals surface area contributed by atoms with Crippen LogP contribution in [0.25, 0.3) is 0 Å². The van der Waals surface area contributed by atoms with E-state index >= 15 is 0 Å². The molecule has 0 spiro atoms. The first-order chi connectivity index (χ1) is 7.65. The standard InChI is InChI=1S/C13H26N2O2/c1-10(16)14-11-7-8-13(9-11,15(5)6)17-12(2,3)4/h11H,7-9H2,1-6H3,(H,14,16). The van der Waals surface area contributed by atoms with E-state index in [-0.39, 0.29) is 23.3 Å². The highest BCUT2D eigenvalue weighted by Gasteiger charge is 2.44. The predicted molar refractivity (Wildman–Crippen MR) is 68.7 cm³/mol. The van der Waals surface area contributed by atoms with Crippen molar-refractivity contribution in [1.29, 1.82) is 0 Å². The third-order valence-electron chi connectivity index (χ3n) is 3.17. The van der Waals surface area contributed by atoms with Crippen molar-refractivity contribution in [2.45, 2.75) is 64.3 Å². The first kappa shape index (κ1) is 14.5. The molecule has 0 heterocycles. The van der Waals surface area contributed by atoms with Gasteiger partial charge >= 0.3 is 0 Å². The second-order valence-corrected chi connectivity index (χ2v) is 6.20. The number of carbonyl (C=O) groups excluding carboxylic acids is 1. The quantitative estimate of drug-likeness (QED) is 0.767. The fourth-order valence-corrected chi connectivity index (χ4v) is 2.56. The highest BCUT2D eigenvalue weighted by atomic mass is 16.5. The van der Waals surface area contributed by atoms with E-state index in [9.17, 15) is 4.79 Å². The van der Waals surface area contributed by atoms with Gasteiger partial charge in [-0.1, -0.05) is 0 Å². The molecule has 1 aliphatic rings. The van der Waals surface area contributed by atoms with E-state index in [0.29, 0.717) is 0 Å². The molecule has 0 bridgehead atoms. The molecule has 17 heavy (non-hydrogen) atoms. The van der Waals surface area contributed by atoms with Gasteiger partial charge in [0.25, 0.3) is 0 Å². The normalized spacial score (nSPS) is 29.7. The Balaban J connectivity index is 2.73. The molecule has 1 rings (SSSR count). The number of hydrogen-bond acceptors (Lipinski definition) is 3. The van der Waals surface area contributed by atoms with Gasteiger partial charge in [0.15, 0.2) is 0 Å². The molecule has 4 heteroatoms. The summed E-state index contributed by atoms with van der Waals surface area (Å²) in [5.41, 5.74) is -0.416. The lowest BCUT2D eigenvalue weighted by Crippen LogP contribution is -2.50. The zero-order chi connectivity index (χ0) is 13.3. The summed E-state index contributed by atoms with van der Waals surface area (Å²) in [5, 5.41) is 2.99. The molecule has 4 nitrogen and oxygen atoms in total. The maximum atomic E-state index is 11.1. The maximum Gasteiger partial charge on any atom is 0.217 e. The Labute approximate surface area is 105 Å². The minimum Gasteiger partial charge on any atom is -0.355 e. The van der Waals surface area contributed by atoms with Crippen LogP contribution >= 0.6 is 0 Å². The monoisotopic (exact) mass is 242 g/mol. The third kappa shape index (κ3) is 3.96. The number of carbonyl (C=O) groups is 1. The third-order valence-corrected chi connectivity index (χ3v) is 3.17. The Kier molecular flexibility index (Phi) is 4.20. The summed E-state index contributed by atoms with van der Waals surface area (Å²) in [6, 6.07) is 0.234. The lowest BCUT2D eigenvalue weighted by molar-refractivity contribution is -0.196.